The van der Waals surface area contributed by atoms with Crippen molar-refractivity contribution in [1.29, 1.82) is 0 Å². The Hall–Kier alpha value is -3.82. The molecule has 0 aromatic heterocycles. The number of nitro groups is 1. The molecule has 0 unspecified atom stereocenters. The Bertz CT molecular complexity index is 1260. The van der Waals surface area contributed by atoms with Crippen molar-refractivity contribution in [2.24, 2.45) is 10.2 Å². The quantitative estimate of drug-likeness (QED) is 0.103. The van der Waals surface area contributed by atoms with Crippen molar-refractivity contribution >= 4 is 57.7 Å². The number of anilines is 1. The van der Waals surface area contributed by atoms with Gasteiger partial charge in [0, 0.05) is 37.3 Å². The number of rotatable bonds is 12. The predicted molar refractivity (Wildman–Crippen MR) is 142 cm³/mol. The number of hydrogen-bond donors (Lipinski definition) is 0. The number of carbonyl (C=O) groups excluding carboxylic acids is 2. The molecule has 3 rings (SSSR count). The van der Waals surface area contributed by atoms with Gasteiger partial charge in [-0.05, 0) is 29.8 Å². The van der Waals surface area contributed by atoms with Gasteiger partial charge < -0.3 is 9.64 Å². The molecule has 9 nitrogen and oxygen atoms in total. The monoisotopic (exact) mass is 542 g/mol. The maximum absolute atomic E-state index is 12.2. The summed E-state index contributed by atoms with van der Waals surface area (Å²) in [7, 11) is 0. The Morgan fingerprint density at radius 3 is 2.24 bits per heavy atom. The SMILES string of the molecule is CCC(=O)COC(=O)CCN(Cc1ccccc1)c1ccc(/N=N/c2c(Cl)cc([N+](=O)[O-])cc2Cl)cc1. The van der Waals surface area contributed by atoms with Crippen molar-refractivity contribution in [2.75, 3.05) is 18.1 Å². The molecule has 0 aliphatic carbocycles. The van der Waals surface area contributed by atoms with Crippen LogP contribution in [-0.2, 0) is 20.9 Å². The van der Waals surface area contributed by atoms with Gasteiger partial charge in [0.1, 0.15) is 12.3 Å². The number of carbonyl (C=O) groups is 2. The zero-order chi connectivity index (χ0) is 26.8. The van der Waals surface area contributed by atoms with Crippen LogP contribution in [0.1, 0.15) is 25.3 Å². The van der Waals surface area contributed by atoms with Crippen LogP contribution in [0.25, 0.3) is 0 Å². The number of azo groups is 1. The number of ketones is 1. The average molecular weight is 543 g/mol. The first kappa shape index (κ1) is 27.8. The molecule has 0 saturated carbocycles. The molecule has 11 heteroatoms. The molecule has 0 atom stereocenters. The van der Waals surface area contributed by atoms with Crippen molar-refractivity contribution in [3.05, 3.63) is 92.5 Å². The van der Waals surface area contributed by atoms with Crippen molar-refractivity contribution in [3.8, 4) is 0 Å². The van der Waals surface area contributed by atoms with Gasteiger partial charge in [-0.2, -0.15) is 5.11 Å². The highest BCUT2D eigenvalue weighted by Gasteiger charge is 2.15. The van der Waals surface area contributed by atoms with Crippen LogP contribution in [0.5, 0.6) is 0 Å². The Morgan fingerprint density at radius 2 is 1.65 bits per heavy atom. The normalized spacial score (nSPS) is 10.9. The van der Waals surface area contributed by atoms with Crippen LogP contribution in [0, 0.1) is 10.1 Å². The highest BCUT2D eigenvalue weighted by molar-refractivity contribution is 6.39. The second-order valence-corrected chi connectivity index (χ2v) is 8.76. The standard InChI is InChI=1S/C26H24Cl2N4O5/c1-2-22(33)17-37-25(34)12-13-31(16-18-6-4-3-5-7-18)20-10-8-19(9-11-20)29-30-26-23(27)14-21(32(35)36)15-24(26)28/h3-11,14-15H,2,12-13,16-17H2,1H3/b30-29+. The highest BCUT2D eigenvalue weighted by Crippen LogP contribution is 2.38. The largest absolute Gasteiger partial charge is 0.458 e. The lowest BCUT2D eigenvalue weighted by molar-refractivity contribution is -0.384. The third kappa shape index (κ3) is 8.37. The van der Waals surface area contributed by atoms with Gasteiger partial charge in [-0.1, -0.05) is 60.5 Å². The number of non-ortho nitro benzene ring substituents is 1. The minimum atomic E-state index is -0.594. The van der Waals surface area contributed by atoms with Crippen LogP contribution in [0.15, 0.2) is 77.0 Å². The van der Waals surface area contributed by atoms with E-state index in [9.17, 15) is 19.7 Å². The molecule has 192 valence electrons. The molecule has 0 saturated heterocycles. The van der Waals surface area contributed by atoms with Crippen molar-refractivity contribution in [2.45, 2.75) is 26.3 Å². The number of nitrogens with zero attached hydrogens (tertiary/aromatic N) is 4. The summed E-state index contributed by atoms with van der Waals surface area (Å²) >= 11 is 12.2. The number of Topliss-reactive ketones (excluding diaryl/α,β-unsaturated/α-hetero) is 1. The molecular weight excluding hydrogens is 519 g/mol. The molecule has 0 fully saturated rings. The third-order valence-electron chi connectivity index (χ3n) is 5.28. The fourth-order valence-corrected chi connectivity index (χ4v) is 3.81. The van der Waals surface area contributed by atoms with Gasteiger partial charge in [0.25, 0.3) is 5.69 Å². The van der Waals surface area contributed by atoms with Gasteiger partial charge in [-0.15, -0.1) is 5.11 Å². The molecule has 0 spiro atoms. The zero-order valence-electron chi connectivity index (χ0n) is 20.0. The van der Waals surface area contributed by atoms with E-state index < -0.39 is 10.9 Å². The Balaban J connectivity index is 1.74. The van der Waals surface area contributed by atoms with E-state index in [1.807, 2.05) is 47.4 Å². The van der Waals surface area contributed by atoms with E-state index in [1.165, 1.54) is 0 Å². The van der Waals surface area contributed by atoms with E-state index in [4.69, 9.17) is 27.9 Å². The molecule has 0 bridgehead atoms. The van der Waals surface area contributed by atoms with Gasteiger partial charge in [-0.3, -0.25) is 19.7 Å². The number of ether oxygens (including phenoxy) is 1. The summed E-state index contributed by atoms with van der Waals surface area (Å²) in [6.45, 7) is 2.44. The van der Waals surface area contributed by atoms with Crippen LogP contribution in [0.3, 0.4) is 0 Å². The molecule has 0 heterocycles. The summed E-state index contributed by atoms with van der Waals surface area (Å²) in [5, 5.41) is 19.2. The van der Waals surface area contributed by atoms with Crippen LogP contribution in [-0.4, -0.2) is 29.8 Å². The fraction of sp³-hybridized carbons (Fsp3) is 0.231. The number of esters is 1. The van der Waals surface area contributed by atoms with Crippen molar-refractivity contribution in [3.63, 3.8) is 0 Å². The van der Waals surface area contributed by atoms with Gasteiger partial charge in [0.15, 0.2) is 5.78 Å². The minimum absolute atomic E-state index is 0.0149. The molecular formula is C26H24Cl2N4O5. The van der Waals surface area contributed by atoms with E-state index in [0.29, 0.717) is 25.2 Å². The Labute approximate surface area is 223 Å². The molecule has 0 N–H and O–H groups in total. The number of hydrogen-bond acceptors (Lipinski definition) is 8. The molecule has 0 amide bonds. The molecule has 3 aromatic rings. The summed E-state index contributed by atoms with van der Waals surface area (Å²) < 4.78 is 5.06. The van der Waals surface area contributed by atoms with Crippen LogP contribution in [0.4, 0.5) is 22.7 Å². The smallest absolute Gasteiger partial charge is 0.308 e. The predicted octanol–water partition coefficient (Wildman–Crippen LogP) is 7.24. The van der Waals surface area contributed by atoms with E-state index in [-0.39, 0.29) is 40.2 Å². The summed E-state index contributed by atoms with van der Waals surface area (Å²) in [5.41, 5.74) is 2.29. The van der Waals surface area contributed by atoms with Gasteiger partial charge in [0.2, 0.25) is 0 Å². The molecule has 3 aromatic carbocycles. The first-order valence-corrected chi connectivity index (χ1v) is 12.1. The zero-order valence-corrected chi connectivity index (χ0v) is 21.5. The highest BCUT2D eigenvalue weighted by atomic mass is 35.5. The topological polar surface area (TPSA) is 114 Å². The summed E-state index contributed by atoms with van der Waals surface area (Å²) in [5.74, 6) is -0.572. The molecule has 0 aliphatic heterocycles. The second-order valence-electron chi connectivity index (χ2n) is 7.94. The summed E-state index contributed by atoms with van der Waals surface area (Å²) in [6.07, 6.45) is 0.433. The van der Waals surface area contributed by atoms with E-state index in [0.717, 1.165) is 23.4 Å². The van der Waals surface area contributed by atoms with Gasteiger partial charge in [-0.25, -0.2) is 0 Å². The second kappa shape index (κ2) is 13.5. The van der Waals surface area contributed by atoms with Crippen LogP contribution in [0.2, 0.25) is 10.0 Å². The average Bonchev–Trinajstić information content (AvgIpc) is 2.90. The van der Waals surface area contributed by atoms with E-state index in [2.05, 4.69) is 10.2 Å². The van der Waals surface area contributed by atoms with Crippen molar-refractivity contribution < 1.29 is 19.2 Å². The summed E-state index contributed by atoms with van der Waals surface area (Å²) in [6, 6.07) is 19.3. The summed E-state index contributed by atoms with van der Waals surface area (Å²) in [4.78, 5) is 35.9. The number of benzene rings is 3. The molecule has 0 aliphatic rings. The first-order chi connectivity index (χ1) is 17.8. The fourth-order valence-electron chi connectivity index (χ4n) is 3.26. The van der Waals surface area contributed by atoms with E-state index in [1.54, 1.807) is 19.1 Å². The third-order valence-corrected chi connectivity index (χ3v) is 5.86. The van der Waals surface area contributed by atoms with E-state index >= 15 is 0 Å². The van der Waals surface area contributed by atoms with Crippen molar-refractivity contribution in [1.82, 2.24) is 0 Å². The lowest BCUT2D eigenvalue weighted by Gasteiger charge is -2.25. The first-order valence-electron chi connectivity index (χ1n) is 11.4. The van der Waals surface area contributed by atoms with Crippen LogP contribution >= 0.6 is 23.2 Å². The Morgan fingerprint density at radius 1 is 1.00 bits per heavy atom. The molecule has 0 radical (unpaired) electrons. The van der Waals surface area contributed by atoms with Gasteiger partial charge >= 0.3 is 5.97 Å². The lowest BCUT2D eigenvalue weighted by Crippen LogP contribution is -2.26. The molecule has 37 heavy (non-hydrogen) atoms. The van der Waals surface area contributed by atoms with Gasteiger partial charge in [0.05, 0.1) is 27.1 Å². The number of halogens is 2. The lowest BCUT2D eigenvalue weighted by atomic mass is 10.2. The minimum Gasteiger partial charge on any atom is -0.458 e. The van der Waals surface area contributed by atoms with Crippen LogP contribution < -0.4 is 4.90 Å². The number of nitro benzene ring substituents is 1. The Kier molecular flexibility index (Phi) is 10.1. The maximum Gasteiger partial charge on any atom is 0.308 e. The maximum atomic E-state index is 12.2.